The van der Waals surface area contributed by atoms with Crippen LogP contribution in [0.25, 0.3) is 0 Å². The van der Waals surface area contributed by atoms with E-state index in [1.165, 1.54) is 15.0 Å². The van der Waals surface area contributed by atoms with Crippen molar-refractivity contribution in [2.45, 2.75) is 118 Å². The lowest BCUT2D eigenvalue weighted by molar-refractivity contribution is 0.0531. The zero-order chi connectivity index (χ0) is 28.3. The maximum Gasteiger partial charge on any atom is 0.421 e. The number of rotatable bonds is 11. The van der Waals surface area contributed by atoms with Crippen LogP contribution in [0.3, 0.4) is 0 Å². The molecule has 0 unspecified atom stereocenters. The summed E-state index contributed by atoms with van der Waals surface area (Å²) in [4.78, 5) is 32.8. The van der Waals surface area contributed by atoms with Crippen LogP contribution < -0.4 is 4.90 Å². The summed E-state index contributed by atoms with van der Waals surface area (Å²) in [5.74, 6) is 2.84. The quantitative estimate of drug-likeness (QED) is 0.223. The number of aromatic nitrogens is 2. The molecule has 1 aromatic heterocycles. The van der Waals surface area contributed by atoms with Crippen molar-refractivity contribution >= 4 is 18.1 Å². The van der Waals surface area contributed by atoms with Gasteiger partial charge < -0.3 is 9.47 Å². The Balaban J connectivity index is 2.44. The van der Waals surface area contributed by atoms with Crippen molar-refractivity contribution in [1.29, 1.82) is 0 Å². The Hall–Kier alpha value is -3.27. The Kier molecular flexibility index (Phi) is 11.4. The van der Waals surface area contributed by atoms with E-state index in [2.05, 4.69) is 25.0 Å². The summed E-state index contributed by atoms with van der Waals surface area (Å²) >= 11 is 0. The summed E-state index contributed by atoms with van der Waals surface area (Å²) in [6, 6.07) is 8.19. The maximum absolute atomic E-state index is 13.5. The van der Waals surface area contributed by atoms with Crippen LogP contribution >= 0.6 is 0 Å². The Morgan fingerprint density at radius 2 is 1.55 bits per heavy atom. The van der Waals surface area contributed by atoms with E-state index in [0.29, 0.717) is 12.1 Å². The van der Waals surface area contributed by atoms with Crippen LogP contribution in [0.15, 0.2) is 30.5 Å². The van der Waals surface area contributed by atoms with Gasteiger partial charge in [-0.15, -0.1) is 12.3 Å². The van der Waals surface area contributed by atoms with Gasteiger partial charge in [0.1, 0.15) is 11.2 Å². The number of aryl methyl sites for hydroxylation is 2. The fourth-order valence-corrected chi connectivity index (χ4v) is 3.79. The van der Waals surface area contributed by atoms with E-state index < -0.39 is 23.4 Å². The summed E-state index contributed by atoms with van der Waals surface area (Å²) in [6.07, 6.45) is 13.3. The zero-order valence-electron chi connectivity index (χ0n) is 24.3. The fraction of sp³-hybridized carbons (Fsp3) is 0.581. The number of unbranched alkanes of at least 4 members (excludes halogenated alkanes) is 4. The van der Waals surface area contributed by atoms with E-state index in [9.17, 15) is 9.59 Å². The highest BCUT2D eigenvalue weighted by atomic mass is 16.6. The number of hydrogen-bond donors (Lipinski definition) is 0. The predicted molar refractivity (Wildman–Crippen MR) is 152 cm³/mol. The number of imidazole rings is 1. The van der Waals surface area contributed by atoms with Gasteiger partial charge in [0.25, 0.3) is 0 Å². The smallest absolute Gasteiger partial charge is 0.421 e. The molecule has 208 valence electrons. The minimum Gasteiger partial charge on any atom is -0.443 e. The number of benzene rings is 1. The Labute approximate surface area is 228 Å². The van der Waals surface area contributed by atoms with Gasteiger partial charge >= 0.3 is 12.2 Å². The largest absolute Gasteiger partial charge is 0.443 e. The number of hydrogen-bond acceptors (Lipinski definition) is 5. The van der Waals surface area contributed by atoms with E-state index in [-0.39, 0.29) is 12.5 Å². The molecule has 2 aromatic rings. The lowest BCUT2D eigenvalue weighted by atomic mass is 10.1. The van der Waals surface area contributed by atoms with Crippen LogP contribution in [-0.2, 0) is 28.9 Å². The molecule has 0 saturated heterocycles. The monoisotopic (exact) mass is 523 g/mol. The SMILES string of the molecule is C#CCCCCCc1cn(C(=O)OC(C)(C)C)c(N(Cc2ccc(CCCC)cc2)C(=O)OC(C)(C)C)n1. The molecular weight excluding hydrogens is 478 g/mol. The first kappa shape index (κ1) is 31.0. The molecule has 2 rings (SSSR count). The number of anilines is 1. The number of nitrogens with zero attached hydrogens (tertiary/aromatic N) is 3. The van der Waals surface area contributed by atoms with Gasteiger partial charge in [-0.25, -0.2) is 24.0 Å². The first-order chi connectivity index (χ1) is 17.8. The lowest BCUT2D eigenvalue weighted by Gasteiger charge is -2.27. The van der Waals surface area contributed by atoms with Gasteiger partial charge in [0, 0.05) is 12.6 Å². The van der Waals surface area contributed by atoms with Crippen molar-refractivity contribution in [2.75, 3.05) is 4.90 Å². The maximum atomic E-state index is 13.5. The molecule has 0 saturated carbocycles. The molecule has 0 spiro atoms. The number of carbonyl (C=O) groups excluding carboxylic acids is 2. The molecule has 0 N–H and O–H groups in total. The molecule has 0 radical (unpaired) electrons. The average molecular weight is 524 g/mol. The summed E-state index contributed by atoms with van der Waals surface area (Å²) in [6.45, 7) is 13.2. The molecule has 0 aliphatic carbocycles. The molecule has 0 bridgehead atoms. The highest BCUT2D eigenvalue weighted by molar-refractivity contribution is 5.88. The van der Waals surface area contributed by atoms with Crippen molar-refractivity contribution in [3.63, 3.8) is 0 Å². The molecule has 7 nitrogen and oxygen atoms in total. The highest BCUT2D eigenvalue weighted by Gasteiger charge is 2.30. The fourth-order valence-electron chi connectivity index (χ4n) is 3.79. The number of terminal acetylenes is 1. The lowest BCUT2D eigenvalue weighted by Crippen LogP contribution is -2.39. The molecule has 0 atom stereocenters. The third-order valence-electron chi connectivity index (χ3n) is 5.62. The first-order valence-corrected chi connectivity index (χ1v) is 13.7. The van der Waals surface area contributed by atoms with E-state index in [1.54, 1.807) is 27.0 Å². The van der Waals surface area contributed by atoms with Crippen LogP contribution in [0.1, 0.15) is 104 Å². The standard InChI is InChI=1S/C31H45N3O4/c1-9-11-13-14-15-17-26-23-34(29(36)38-31(6,7)8)27(32-26)33(28(35)37-30(3,4)5)22-25-20-18-24(19-21-25)16-12-10-2/h1,18-21,23H,10-17,22H2,2-8H3. The summed E-state index contributed by atoms with van der Waals surface area (Å²) in [5, 5.41) is 0. The van der Waals surface area contributed by atoms with Crippen LogP contribution in [-0.4, -0.2) is 32.9 Å². The zero-order valence-corrected chi connectivity index (χ0v) is 24.3. The van der Waals surface area contributed by atoms with Gasteiger partial charge in [0.2, 0.25) is 5.95 Å². The topological polar surface area (TPSA) is 73.7 Å². The molecule has 0 fully saturated rings. The Morgan fingerprint density at radius 1 is 0.921 bits per heavy atom. The third kappa shape index (κ3) is 10.6. The number of amides is 1. The first-order valence-electron chi connectivity index (χ1n) is 13.7. The van der Waals surface area contributed by atoms with E-state index in [4.69, 9.17) is 20.9 Å². The average Bonchev–Trinajstić information content (AvgIpc) is 3.23. The van der Waals surface area contributed by atoms with E-state index >= 15 is 0 Å². The second-order valence-corrected chi connectivity index (χ2v) is 11.6. The van der Waals surface area contributed by atoms with Crippen LogP contribution in [0.2, 0.25) is 0 Å². The minimum atomic E-state index is -0.720. The number of carbonyl (C=O) groups is 2. The van der Waals surface area contributed by atoms with E-state index in [1.807, 2.05) is 32.9 Å². The second-order valence-electron chi connectivity index (χ2n) is 11.6. The minimum absolute atomic E-state index is 0.183. The Morgan fingerprint density at radius 3 is 2.13 bits per heavy atom. The summed E-state index contributed by atoms with van der Waals surface area (Å²) in [7, 11) is 0. The van der Waals surface area contributed by atoms with Gasteiger partial charge in [0.05, 0.1) is 12.2 Å². The van der Waals surface area contributed by atoms with Crippen molar-refractivity contribution in [3.05, 3.63) is 47.3 Å². The number of ether oxygens (including phenoxy) is 2. The van der Waals surface area contributed by atoms with Gasteiger partial charge in [-0.3, -0.25) is 0 Å². The van der Waals surface area contributed by atoms with E-state index in [0.717, 1.165) is 50.5 Å². The Bertz CT molecular complexity index is 1080. The van der Waals surface area contributed by atoms with Crippen molar-refractivity contribution in [3.8, 4) is 12.3 Å². The normalized spacial score (nSPS) is 11.6. The molecular formula is C31H45N3O4. The summed E-state index contributed by atoms with van der Waals surface area (Å²) in [5.41, 5.74) is 1.43. The van der Waals surface area contributed by atoms with Crippen LogP contribution in [0.4, 0.5) is 15.5 Å². The highest BCUT2D eigenvalue weighted by Crippen LogP contribution is 2.24. The molecule has 0 aliphatic heterocycles. The van der Waals surface area contributed by atoms with Gasteiger partial charge in [-0.1, -0.05) is 44.0 Å². The van der Waals surface area contributed by atoms with Gasteiger partial charge in [-0.05, 0) is 84.8 Å². The second kappa shape index (κ2) is 14.0. The predicted octanol–water partition coefficient (Wildman–Crippen LogP) is 7.69. The molecule has 0 aliphatic rings. The third-order valence-corrected chi connectivity index (χ3v) is 5.62. The van der Waals surface area contributed by atoms with Crippen molar-refractivity contribution < 1.29 is 19.1 Å². The van der Waals surface area contributed by atoms with Gasteiger partial charge in [0.15, 0.2) is 0 Å². The van der Waals surface area contributed by atoms with Gasteiger partial charge in [-0.2, -0.15) is 0 Å². The van der Waals surface area contributed by atoms with Crippen LogP contribution in [0, 0.1) is 12.3 Å². The molecule has 7 heteroatoms. The summed E-state index contributed by atoms with van der Waals surface area (Å²) < 4.78 is 12.7. The molecule has 1 aromatic carbocycles. The molecule has 38 heavy (non-hydrogen) atoms. The molecule has 1 amide bonds. The van der Waals surface area contributed by atoms with Crippen molar-refractivity contribution in [1.82, 2.24) is 9.55 Å². The van der Waals surface area contributed by atoms with Crippen molar-refractivity contribution in [2.24, 2.45) is 0 Å². The molecule has 1 heterocycles. The van der Waals surface area contributed by atoms with Crippen LogP contribution in [0.5, 0.6) is 0 Å².